The van der Waals surface area contributed by atoms with E-state index in [1.54, 1.807) is 67.9 Å². The molecule has 1 heterocycles. The van der Waals surface area contributed by atoms with Crippen molar-refractivity contribution in [3.8, 4) is 28.5 Å². The van der Waals surface area contributed by atoms with Crippen LogP contribution in [0.4, 0.5) is 5.13 Å². The Hall–Kier alpha value is -3.59. The van der Waals surface area contributed by atoms with Crippen LogP contribution >= 0.6 is 34.5 Å². The van der Waals surface area contributed by atoms with E-state index in [9.17, 15) is 4.79 Å². The fraction of sp³-hybridized carbons (Fsp3) is 0.115. The highest BCUT2D eigenvalue weighted by Crippen LogP contribution is 2.32. The van der Waals surface area contributed by atoms with Gasteiger partial charge in [0, 0.05) is 16.0 Å². The van der Waals surface area contributed by atoms with Gasteiger partial charge in [0.25, 0.3) is 0 Å². The summed E-state index contributed by atoms with van der Waals surface area (Å²) in [5.74, 6) is 0.896. The average Bonchev–Trinajstić information content (AvgIpc) is 3.34. The molecular formula is C26H21Cl2N3O4S. The van der Waals surface area contributed by atoms with Crippen LogP contribution in [0.1, 0.15) is 22.8 Å². The molecule has 1 aromatic heterocycles. The lowest BCUT2D eigenvalue weighted by Crippen LogP contribution is -2.09. The maximum absolute atomic E-state index is 12.6. The van der Waals surface area contributed by atoms with Gasteiger partial charge in [-0.15, -0.1) is 11.3 Å². The lowest BCUT2D eigenvalue weighted by molar-refractivity contribution is 0.0728. The lowest BCUT2D eigenvalue weighted by Gasteiger charge is -2.11. The Morgan fingerprint density at radius 1 is 1.08 bits per heavy atom. The Morgan fingerprint density at radius 2 is 1.89 bits per heavy atom. The summed E-state index contributed by atoms with van der Waals surface area (Å²) in [4.78, 5) is 17.1. The molecule has 0 aliphatic heterocycles. The predicted octanol–water partition coefficient (Wildman–Crippen LogP) is 7.19. The zero-order valence-electron chi connectivity index (χ0n) is 19.3. The second-order valence-corrected chi connectivity index (χ2v) is 8.99. The SMILES string of the molecule is CCOc1cc(/C=N\Nc2nc(-c3ccc(Cl)cc3Cl)cs2)ccc1OC(=O)c1ccc(OC)cc1. The van der Waals surface area contributed by atoms with Crippen molar-refractivity contribution >= 4 is 51.9 Å². The molecule has 0 aliphatic carbocycles. The van der Waals surface area contributed by atoms with Gasteiger partial charge in [-0.05, 0) is 73.2 Å². The number of anilines is 1. The molecule has 0 amide bonds. The van der Waals surface area contributed by atoms with Gasteiger partial charge in [0.05, 0.1) is 36.2 Å². The molecule has 1 N–H and O–H groups in total. The average molecular weight is 542 g/mol. The van der Waals surface area contributed by atoms with Crippen molar-refractivity contribution in [1.82, 2.24) is 4.98 Å². The highest BCUT2D eigenvalue weighted by Gasteiger charge is 2.14. The largest absolute Gasteiger partial charge is 0.497 e. The number of nitrogens with zero attached hydrogens (tertiary/aromatic N) is 2. The molecule has 3 aromatic carbocycles. The number of hydrogen-bond acceptors (Lipinski definition) is 8. The Bertz CT molecular complexity index is 1390. The number of halogens is 2. The first-order valence-electron chi connectivity index (χ1n) is 10.8. The number of hydrazone groups is 1. The normalized spacial score (nSPS) is 10.9. The molecular weight excluding hydrogens is 521 g/mol. The zero-order chi connectivity index (χ0) is 25.5. The fourth-order valence-electron chi connectivity index (χ4n) is 3.15. The van der Waals surface area contributed by atoms with Gasteiger partial charge in [0.2, 0.25) is 5.13 Å². The standard InChI is InChI=1S/C26H21Cl2N3O4S/c1-3-34-24-12-16(4-11-23(24)35-25(32)17-5-8-19(33-2)9-6-17)14-29-31-26-30-22(15-36-26)20-10-7-18(27)13-21(20)28/h4-15H,3H2,1-2H3,(H,30,31)/b29-14-. The highest BCUT2D eigenvalue weighted by atomic mass is 35.5. The van der Waals surface area contributed by atoms with Crippen molar-refractivity contribution in [2.45, 2.75) is 6.92 Å². The number of hydrogen-bond donors (Lipinski definition) is 1. The highest BCUT2D eigenvalue weighted by molar-refractivity contribution is 7.14. The van der Waals surface area contributed by atoms with E-state index < -0.39 is 5.97 Å². The van der Waals surface area contributed by atoms with E-state index in [-0.39, 0.29) is 0 Å². The van der Waals surface area contributed by atoms with Crippen LogP contribution in [0, 0.1) is 0 Å². The molecule has 0 atom stereocenters. The summed E-state index contributed by atoms with van der Waals surface area (Å²) in [5.41, 5.74) is 5.57. The van der Waals surface area contributed by atoms with Crippen LogP contribution in [0.5, 0.6) is 17.2 Å². The van der Waals surface area contributed by atoms with E-state index in [1.165, 1.54) is 11.3 Å². The van der Waals surface area contributed by atoms with E-state index in [1.807, 2.05) is 18.4 Å². The van der Waals surface area contributed by atoms with Crippen molar-refractivity contribution in [3.63, 3.8) is 0 Å². The van der Waals surface area contributed by atoms with Crippen LogP contribution in [-0.2, 0) is 0 Å². The van der Waals surface area contributed by atoms with Crippen molar-refractivity contribution in [2.75, 3.05) is 19.1 Å². The third-order valence-corrected chi connectivity index (χ3v) is 6.18. The van der Waals surface area contributed by atoms with Gasteiger partial charge in [-0.25, -0.2) is 9.78 Å². The van der Waals surface area contributed by atoms with Crippen LogP contribution in [-0.4, -0.2) is 30.9 Å². The summed E-state index contributed by atoms with van der Waals surface area (Å²) in [6.45, 7) is 2.26. The van der Waals surface area contributed by atoms with Crippen molar-refractivity contribution in [3.05, 3.63) is 87.2 Å². The second-order valence-electron chi connectivity index (χ2n) is 7.29. The molecule has 0 spiro atoms. The molecule has 36 heavy (non-hydrogen) atoms. The Labute approximate surface area is 222 Å². The third-order valence-electron chi connectivity index (χ3n) is 4.88. The number of thiazole rings is 1. The molecule has 4 aromatic rings. The van der Waals surface area contributed by atoms with E-state index in [0.29, 0.717) is 44.6 Å². The predicted molar refractivity (Wildman–Crippen MR) is 144 cm³/mol. The molecule has 4 rings (SSSR count). The minimum atomic E-state index is -0.498. The van der Waals surface area contributed by atoms with Crippen LogP contribution in [0.15, 0.2) is 71.1 Å². The number of carbonyl (C=O) groups is 1. The molecule has 0 aliphatic rings. The number of methoxy groups -OCH3 is 1. The van der Waals surface area contributed by atoms with Gasteiger partial charge in [0.1, 0.15) is 5.75 Å². The minimum absolute atomic E-state index is 0.312. The molecule has 184 valence electrons. The van der Waals surface area contributed by atoms with E-state index in [0.717, 1.165) is 16.8 Å². The maximum Gasteiger partial charge on any atom is 0.343 e. The molecule has 0 bridgehead atoms. The van der Waals surface area contributed by atoms with Crippen LogP contribution in [0.3, 0.4) is 0 Å². The Morgan fingerprint density at radius 3 is 2.61 bits per heavy atom. The Kier molecular flexibility index (Phi) is 8.43. The molecule has 0 saturated carbocycles. The van der Waals surface area contributed by atoms with E-state index >= 15 is 0 Å². The van der Waals surface area contributed by atoms with Crippen molar-refractivity contribution < 1.29 is 19.0 Å². The zero-order valence-corrected chi connectivity index (χ0v) is 21.7. The molecule has 10 heteroatoms. The third kappa shape index (κ3) is 6.34. The number of carbonyl (C=O) groups excluding carboxylic acids is 1. The summed E-state index contributed by atoms with van der Waals surface area (Å²) >= 11 is 13.6. The first-order valence-corrected chi connectivity index (χ1v) is 12.4. The first-order chi connectivity index (χ1) is 17.5. The lowest BCUT2D eigenvalue weighted by atomic mass is 10.2. The smallest absolute Gasteiger partial charge is 0.343 e. The van der Waals surface area contributed by atoms with Gasteiger partial charge in [-0.2, -0.15) is 5.10 Å². The van der Waals surface area contributed by atoms with Crippen LogP contribution in [0.2, 0.25) is 10.0 Å². The van der Waals surface area contributed by atoms with E-state index in [4.69, 9.17) is 37.4 Å². The molecule has 0 radical (unpaired) electrons. The number of aromatic nitrogens is 1. The summed E-state index contributed by atoms with van der Waals surface area (Å²) < 4.78 is 16.4. The van der Waals surface area contributed by atoms with Crippen LogP contribution in [0.25, 0.3) is 11.3 Å². The maximum atomic E-state index is 12.6. The summed E-state index contributed by atoms with van der Waals surface area (Å²) in [5, 5.41) is 7.83. The van der Waals surface area contributed by atoms with Crippen molar-refractivity contribution in [2.24, 2.45) is 5.10 Å². The second kappa shape index (κ2) is 11.9. The number of esters is 1. The first kappa shape index (κ1) is 25.5. The minimum Gasteiger partial charge on any atom is -0.497 e. The topological polar surface area (TPSA) is 82.0 Å². The molecule has 0 fully saturated rings. The molecule has 0 saturated heterocycles. The number of rotatable bonds is 9. The fourth-order valence-corrected chi connectivity index (χ4v) is 4.32. The van der Waals surface area contributed by atoms with Crippen LogP contribution < -0.4 is 19.6 Å². The van der Waals surface area contributed by atoms with Gasteiger partial charge in [0.15, 0.2) is 11.5 Å². The van der Waals surface area contributed by atoms with Gasteiger partial charge in [-0.3, -0.25) is 5.43 Å². The number of ether oxygens (including phenoxy) is 3. The van der Waals surface area contributed by atoms with Gasteiger partial charge >= 0.3 is 5.97 Å². The van der Waals surface area contributed by atoms with E-state index in [2.05, 4.69) is 15.5 Å². The molecule has 0 unspecified atom stereocenters. The summed E-state index contributed by atoms with van der Waals surface area (Å²) in [7, 11) is 1.56. The summed E-state index contributed by atoms with van der Waals surface area (Å²) in [6.07, 6.45) is 1.62. The van der Waals surface area contributed by atoms with Crippen molar-refractivity contribution in [1.29, 1.82) is 0 Å². The monoisotopic (exact) mass is 541 g/mol. The van der Waals surface area contributed by atoms with Gasteiger partial charge < -0.3 is 14.2 Å². The molecule has 7 nitrogen and oxygen atoms in total. The summed E-state index contributed by atoms with van der Waals surface area (Å²) in [6, 6.07) is 17.1. The van der Waals surface area contributed by atoms with Gasteiger partial charge in [-0.1, -0.05) is 23.2 Å². The number of nitrogens with one attached hydrogen (secondary N) is 1. The quantitative estimate of drug-likeness (QED) is 0.104. The Balaban J connectivity index is 1.43. The number of benzene rings is 3.